The maximum Gasteiger partial charge on any atom is 0.251 e. The smallest absolute Gasteiger partial charge is 0.251 e. The molecule has 102 valence electrons. The number of carbonyl (C=O) groups is 1. The summed E-state index contributed by atoms with van der Waals surface area (Å²) in [7, 11) is 0. The Labute approximate surface area is 115 Å². The Bertz CT molecular complexity index is 501. The quantitative estimate of drug-likeness (QED) is 0.801. The normalized spacial score (nSPS) is 14.8. The van der Waals surface area contributed by atoms with E-state index in [4.69, 9.17) is 0 Å². The molecule has 3 nitrogen and oxygen atoms in total. The maximum absolute atomic E-state index is 12.0. The first kappa shape index (κ1) is 13.8. The summed E-state index contributed by atoms with van der Waals surface area (Å²) in [6.07, 6.45) is 0. The van der Waals surface area contributed by atoms with Gasteiger partial charge in [-0.2, -0.15) is 0 Å². The Morgan fingerprint density at radius 2 is 1.74 bits per heavy atom. The maximum atomic E-state index is 12.0. The Balaban J connectivity index is 2.06. The molecule has 0 aliphatic carbocycles. The van der Waals surface area contributed by atoms with Crippen LogP contribution in [-0.4, -0.2) is 19.0 Å². The molecule has 1 saturated heterocycles. The number of hydrogen-bond acceptors (Lipinski definition) is 2. The van der Waals surface area contributed by atoms with Gasteiger partial charge in [-0.15, -0.1) is 0 Å². The van der Waals surface area contributed by atoms with Gasteiger partial charge in [-0.3, -0.25) is 4.79 Å². The van der Waals surface area contributed by atoms with E-state index in [1.165, 1.54) is 11.1 Å². The molecule has 1 amide bonds. The first-order valence-electron chi connectivity index (χ1n) is 6.69. The molecule has 1 aromatic carbocycles. The minimum atomic E-state index is 0.00000803. The summed E-state index contributed by atoms with van der Waals surface area (Å²) in [5, 5.41) is 6.09. The molecule has 1 heterocycles. The van der Waals surface area contributed by atoms with Crippen molar-refractivity contribution in [3.8, 4) is 0 Å². The molecular formula is C16H22N2O. The van der Waals surface area contributed by atoms with Crippen LogP contribution < -0.4 is 10.6 Å². The summed E-state index contributed by atoms with van der Waals surface area (Å²) >= 11 is 0. The second kappa shape index (κ2) is 5.17. The second-order valence-electron chi connectivity index (χ2n) is 6.11. The van der Waals surface area contributed by atoms with Crippen LogP contribution in [0.1, 0.15) is 33.3 Å². The fraction of sp³-hybridized carbons (Fsp3) is 0.438. The van der Waals surface area contributed by atoms with Gasteiger partial charge >= 0.3 is 0 Å². The van der Waals surface area contributed by atoms with Gasteiger partial charge in [-0.05, 0) is 35.6 Å². The van der Waals surface area contributed by atoms with Crippen molar-refractivity contribution >= 4 is 11.6 Å². The third-order valence-corrected chi connectivity index (χ3v) is 3.56. The molecule has 3 heteroatoms. The van der Waals surface area contributed by atoms with E-state index in [-0.39, 0.29) is 11.3 Å². The van der Waals surface area contributed by atoms with Crippen molar-refractivity contribution in [3.05, 3.63) is 41.0 Å². The van der Waals surface area contributed by atoms with E-state index in [9.17, 15) is 4.79 Å². The van der Waals surface area contributed by atoms with Crippen LogP contribution >= 0.6 is 0 Å². The number of anilines is 1. The van der Waals surface area contributed by atoms with Crippen LogP contribution in [0.25, 0.3) is 0 Å². The van der Waals surface area contributed by atoms with Crippen LogP contribution in [0.4, 0.5) is 5.69 Å². The van der Waals surface area contributed by atoms with Gasteiger partial charge in [-0.1, -0.05) is 32.9 Å². The first-order chi connectivity index (χ1) is 8.88. The second-order valence-corrected chi connectivity index (χ2v) is 6.11. The lowest BCUT2D eigenvalue weighted by Gasteiger charge is -2.22. The summed E-state index contributed by atoms with van der Waals surface area (Å²) in [5.41, 5.74) is 4.29. The number of benzene rings is 1. The summed E-state index contributed by atoms with van der Waals surface area (Å²) in [6, 6.07) is 8.08. The predicted molar refractivity (Wildman–Crippen MR) is 79.3 cm³/mol. The Hall–Kier alpha value is -1.61. The van der Waals surface area contributed by atoms with Crippen molar-refractivity contribution in [1.29, 1.82) is 0 Å². The molecule has 1 aliphatic rings. The van der Waals surface area contributed by atoms with Gasteiger partial charge in [0.25, 0.3) is 5.91 Å². The van der Waals surface area contributed by atoms with Crippen LogP contribution in [0, 0.1) is 0 Å². The highest BCUT2D eigenvalue weighted by atomic mass is 16.1. The molecule has 1 aromatic rings. The number of rotatable bonds is 2. The number of hydrogen-bond donors (Lipinski definition) is 2. The van der Waals surface area contributed by atoms with Gasteiger partial charge in [0.05, 0.1) is 0 Å². The molecule has 0 saturated carbocycles. The SMILES string of the molecule is CC(C(=O)Nc1ccc(C(C)(C)C)cc1)=C1CNC1. The fourth-order valence-corrected chi connectivity index (χ4v) is 1.95. The van der Waals surface area contributed by atoms with E-state index in [0.29, 0.717) is 0 Å². The summed E-state index contributed by atoms with van der Waals surface area (Å²) in [5.74, 6) is 0.00000803. The van der Waals surface area contributed by atoms with E-state index in [1.807, 2.05) is 19.1 Å². The molecular weight excluding hydrogens is 236 g/mol. The highest BCUT2D eigenvalue weighted by Gasteiger charge is 2.16. The highest BCUT2D eigenvalue weighted by molar-refractivity contribution is 6.04. The van der Waals surface area contributed by atoms with Crippen molar-refractivity contribution < 1.29 is 4.79 Å². The van der Waals surface area contributed by atoms with Crippen LogP contribution in [0.2, 0.25) is 0 Å². The largest absolute Gasteiger partial charge is 0.322 e. The fourth-order valence-electron chi connectivity index (χ4n) is 1.95. The van der Waals surface area contributed by atoms with Crippen molar-refractivity contribution in [3.63, 3.8) is 0 Å². The summed E-state index contributed by atoms with van der Waals surface area (Å²) in [4.78, 5) is 12.0. The third-order valence-electron chi connectivity index (χ3n) is 3.56. The van der Waals surface area contributed by atoms with Crippen LogP contribution in [0.3, 0.4) is 0 Å². The third kappa shape index (κ3) is 3.24. The average molecular weight is 258 g/mol. The zero-order chi connectivity index (χ0) is 14.0. The zero-order valence-electron chi connectivity index (χ0n) is 12.1. The van der Waals surface area contributed by atoms with Crippen LogP contribution in [0.15, 0.2) is 35.4 Å². The average Bonchev–Trinajstić information content (AvgIpc) is 2.26. The molecule has 0 atom stereocenters. The Morgan fingerprint density at radius 3 is 2.16 bits per heavy atom. The predicted octanol–water partition coefficient (Wildman–Crippen LogP) is 2.84. The summed E-state index contributed by atoms with van der Waals surface area (Å²) < 4.78 is 0. The lowest BCUT2D eigenvalue weighted by molar-refractivity contribution is -0.112. The van der Waals surface area contributed by atoms with Gasteiger partial charge in [0.15, 0.2) is 0 Å². The number of amides is 1. The molecule has 0 unspecified atom stereocenters. The highest BCUT2D eigenvalue weighted by Crippen LogP contribution is 2.23. The minimum Gasteiger partial charge on any atom is -0.322 e. The van der Waals surface area contributed by atoms with Crippen molar-refractivity contribution in [2.75, 3.05) is 18.4 Å². The summed E-state index contributed by atoms with van der Waals surface area (Å²) in [6.45, 7) is 10.1. The number of nitrogens with one attached hydrogen (secondary N) is 2. The van der Waals surface area contributed by atoms with Gasteiger partial charge in [0, 0.05) is 24.4 Å². The van der Waals surface area contributed by atoms with E-state index < -0.39 is 0 Å². The monoisotopic (exact) mass is 258 g/mol. The number of carbonyl (C=O) groups excluding carboxylic acids is 1. The lowest BCUT2D eigenvalue weighted by Crippen LogP contribution is -2.36. The van der Waals surface area contributed by atoms with Crippen molar-refractivity contribution in [1.82, 2.24) is 5.32 Å². The molecule has 0 radical (unpaired) electrons. The zero-order valence-corrected chi connectivity index (χ0v) is 12.1. The van der Waals surface area contributed by atoms with Crippen molar-refractivity contribution in [2.24, 2.45) is 0 Å². The molecule has 0 spiro atoms. The van der Waals surface area contributed by atoms with Crippen LogP contribution in [-0.2, 0) is 10.2 Å². The Morgan fingerprint density at radius 1 is 1.16 bits per heavy atom. The first-order valence-corrected chi connectivity index (χ1v) is 6.69. The van der Waals surface area contributed by atoms with E-state index in [2.05, 4.69) is 43.5 Å². The molecule has 1 aliphatic heterocycles. The van der Waals surface area contributed by atoms with E-state index >= 15 is 0 Å². The Kier molecular flexibility index (Phi) is 3.76. The van der Waals surface area contributed by atoms with Crippen LogP contribution in [0.5, 0.6) is 0 Å². The molecule has 2 rings (SSSR count). The van der Waals surface area contributed by atoms with E-state index in [1.54, 1.807) is 0 Å². The van der Waals surface area contributed by atoms with Gasteiger partial charge in [-0.25, -0.2) is 0 Å². The minimum absolute atomic E-state index is 0.00000803. The lowest BCUT2D eigenvalue weighted by atomic mass is 9.87. The molecule has 0 bridgehead atoms. The van der Waals surface area contributed by atoms with Gasteiger partial charge < -0.3 is 10.6 Å². The molecule has 2 N–H and O–H groups in total. The standard InChI is InChI=1S/C16H22N2O/c1-11(12-9-17-10-12)15(19)18-14-7-5-13(6-8-14)16(2,3)4/h5-8,17H,9-10H2,1-4H3,(H,18,19). The van der Waals surface area contributed by atoms with Crippen molar-refractivity contribution in [2.45, 2.75) is 33.1 Å². The molecule has 0 aromatic heterocycles. The topological polar surface area (TPSA) is 41.1 Å². The van der Waals surface area contributed by atoms with Gasteiger partial charge in [0.1, 0.15) is 0 Å². The van der Waals surface area contributed by atoms with E-state index in [0.717, 1.165) is 24.4 Å². The molecule has 1 fully saturated rings. The molecule has 19 heavy (non-hydrogen) atoms. The van der Waals surface area contributed by atoms with Gasteiger partial charge in [0.2, 0.25) is 0 Å².